The summed E-state index contributed by atoms with van der Waals surface area (Å²) in [5.41, 5.74) is 0.687. The van der Waals surface area contributed by atoms with Crippen LogP contribution in [0.25, 0.3) is 22.2 Å². The maximum atomic E-state index is 10.6. The number of rotatable bonds is 8. The Morgan fingerprint density at radius 3 is 2.62 bits per heavy atom. The fourth-order valence-electron chi connectivity index (χ4n) is 3.48. The van der Waals surface area contributed by atoms with Crippen molar-refractivity contribution in [3.63, 3.8) is 0 Å². The number of methoxy groups -OCH3 is 1. The molecule has 1 N–H and O–H groups in total. The van der Waals surface area contributed by atoms with Gasteiger partial charge in [0.25, 0.3) is 0 Å². The van der Waals surface area contributed by atoms with Crippen LogP contribution in [0.2, 0.25) is 0 Å². The Hall–Kier alpha value is -2.13. The number of nitrogens with zero attached hydrogens (tertiary/aromatic N) is 4. The van der Waals surface area contributed by atoms with E-state index in [1.54, 1.807) is 24.9 Å². The highest BCUT2D eigenvalue weighted by atomic mass is 32.2. The van der Waals surface area contributed by atoms with Crippen LogP contribution in [0.5, 0.6) is 5.75 Å². The van der Waals surface area contributed by atoms with Crippen LogP contribution in [0.3, 0.4) is 0 Å². The molecule has 0 atom stereocenters. The van der Waals surface area contributed by atoms with Crippen LogP contribution in [0.1, 0.15) is 0 Å². The second-order valence-corrected chi connectivity index (χ2v) is 8.03. The number of aromatic nitrogens is 3. The standard InChI is InChI=1S/C21H26N4O3S/c1-27-10-8-25-20(18-14-16-4-2-3-5-17(16)15-19(18)26)22-23-21(25)29-13-9-24-6-11-28-12-7-24/h2-5,14-15,26H,6-13H2,1H3. The van der Waals surface area contributed by atoms with Gasteiger partial charge in [-0.1, -0.05) is 36.0 Å². The fraction of sp³-hybridized carbons (Fsp3) is 0.429. The lowest BCUT2D eigenvalue weighted by atomic mass is 10.1. The molecule has 0 radical (unpaired) electrons. The van der Waals surface area contributed by atoms with Gasteiger partial charge in [0.2, 0.25) is 0 Å². The average Bonchev–Trinajstić information content (AvgIpc) is 3.15. The molecule has 1 aliphatic rings. The van der Waals surface area contributed by atoms with Crippen molar-refractivity contribution < 1.29 is 14.6 Å². The molecular weight excluding hydrogens is 388 g/mol. The largest absolute Gasteiger partial charge is 0.507 e. The van der Waals surface area contributed by atoms with Gasteiger partial charge in [0.1, 0.15) is 5.75 Å². The van der Waals surface area contributed by atoms with Gasteiger partial charge >= 0.3 is 0 Å². The molecule has 1 aliphatic heterocycles. The zero-order valence-corrected chi connectivity index (χ0v) is 17.4. The van der Waals surface area contributed by atoms with Crippen LogP contribution in [0, 0.1) is 0 Å². The third kappa shape index (κ3) is 4.72. The quantitative estimate of drug-likeness (QED) is 0.568. The van der Waals surface area contributed by atoms with E-state index in [-0.39, 0.29) is 5.75 Å². The Morgan fingerprint density at radius 2 is 1.86 bits per heavy atom. The number of benzene rings is 2. The predicted molar refractivity (Wildman–Crippen MR) is 114 cm³/mol. The minimum atomic E-state index is 0.208. The van der Waals surface area contributed by atoms with Gasteiger partial charge in [-0.3, -0.25) is 9.47 Å². The number of morpholine rings is 1. The third-order valence-electron chi connectivity index (χ3n) is 5.08. The summed E-state index contributed by atoms with van der Waals surface area (Å²) in [5, 5.41) is 22.4. The van der Waals surface area contributed by atoms with Gasteiger partial charge in [-0.05, 0) is 22.9 Å². The Bertz CT molecular complexity index is 956. The molecule has 0 spiro atoms. The molecule has 0 aliphatic carbocycles. The minimum Gasteiger partial charge on any atom is -0.507 e. The second-order valence-electron chi connectivity index (χ2n) is 6.97. The second kappa shape index (κ2) is 9.58. The summed E-state index contributed by atoms with van der Waals surface area (Å²) in [7, 11) is 1.68. The molecule has 154 valence electrons. The number of ether oxygens (including phenoxy) is 2. The van der Waals surface area contributed by atoms with E-state index in [0.29, 0.717) is 24.5 Å². The third-order valence-corrected chi connectivity index (χ3v) is 6.03. The molecule has 2 aromatic carbocycles. The number of aromatic hydroxyl groups is 1. The van der Waals surface area contributed by atoms with E-state index in [1.807, 2.05) is 34.9 Å². The molecule has 8 heteroatoms. The number of hydrogen-bond donors (Lipinski definition) is 1. The summed E-state index contributed by atoms with van der Waals surface area (Å²) in [5.74, 6) is 1.80. The lowest BCUT2D eigenvalue weighted by molar-refractivity contribution is 0.0410. The number of fused-ring (bicyclic) bond motifs is 1. The smallest absolute Gasteiger partial charge is 0.191 e. The minimum absolute atomic E-state index is 0.208. The van der Waals surface area contributed by atoms with E-state index in [4.69, 9.17) is 9.47 Å². The summed E-state index contributed by atoms with van der Waals surface area (Å²) < 4.78 is 12.7. The summed E-state index contributed by atoms with van der Waals surface area (Å²) >= 11 is 1.69. The monoisotopic (exact) mass is 414 g/mol. The fourth-order valence-corrected chi connectivity index (χ4v) is 4.44. The normalized spacial score (nSPS) is 15.2. The molecule has 0 unspecified atom stereocenters. The molecule has 7 nitrogen and oxygen atoms in total. The summed E-state index contributed by atoms with van der Waals surface area (Å²) in [4.78, 5) is 2.41. The van der Waals surface area contributed by atoms with Gasteiger partial charge in [0.15, 0.2) is 11.0 Å². The van der Waals surface area contributed by atoms with Gasteiger partial charge in [-0.2, -0.15) is 0 Å². The summed E-state index contributed by atoms with van der Waals surface area (Å²) in [6, 6.07) is 11.7. The molecule has 1 fully saturated rings. The molecule has 1 aromatic heterocycles. The Kier molecular flexibility index (Phi) is 6.66. The summed E-state index contributed by atoms with van der Waals surface area (Å²) in [6.07, 6.45) is 0. The Morgan fingerprint density at radius 1 is 1.10 bits per heavy atom. The number of hydrogen-bond acceptors (Lipinski definition) is 7. The van der Waals surface area contributed by atoms with Gasteiger partial charge in [-0.15, -0.1) is 10.2 Å². The van der Waals surface area contributed by atoms with Crippen molar-refractivity contribution in [1.82, 2.24) is 19.7 Å². The Balaban J connectivity index is 1.57. The van der Waals surface area contributed by atoms with Crippen molar-refractivity contribution >= 4 is 22.5 Å². The molecule has 29 heavy (non-hydrogen) atoms. The first-order valence-corrected chi connectivity index (χ1v) is 10.8. The van der Waals surface area contributed by atoms with E-state index < -0.39 is 0 Å². The van der Waals surface area contributed by atoms with E-state index >= 15 is 0 Å². The van der Waals surface area contributed by atoms with Gasteiger partial charge in [0.05, 0.1) is 31.9 Å². The van der Waals surface area contributed by atoms with Gasteiger partial charge < -0.3 is 14.6 Å². The maximum Gasteiger partial charge on any atom is 0.191 e. The highest BCUT2D eigenvalue weighted by Crippen LogP contribution is 2.34. The topological polar surface area (TPSA) is 72.6 Å². The average molecular weight is 415 g/mol. The number of phenolic OH excluding ortho intramolecular Hbond substituents is 1. The van der Waals surface area contributed by atoms with Crippen molar-refractivity contribution in [2.45, 2.75) is 11.7 Å². The van der Waals surface area contributed by atoms with Crippen molar-refractivity contribution in [2.24, 2.45) is 0 Å². The summed E-state index contributed by atoms with van der Waals surface area (Å²) in [6.45, 7) is 5.74. The van der Waals surface area contributed by atoms with Crippen molar-refractivity contribution in [2.75, 3.05) is 52.3 Å². The molecular formula is C21H26N4O3S. The van der Waals surface area contributed by atoms with E-state index in [0.717, 1.165) is 54.5 Å². The van der Waals surface area contributed by atoms with E-state index in [9.17, 15) is 5.11 Å². The van der Waals surface area contributed by atoms with Crippen LogP contribution in [0.15, 0.2) is 41.6 Å². The lowest BCUT2D eigenvalue weighted by Gasteiger charge is -2.26. The van der Waals surface area contributed by atoms with Crippen molar-refractivity contribution in [3.05, 3.63) is 36.4 Å². The first-order chi connectivity index (χ1) is 14.3. The van der Waals surface area contributed by atoms with Crippen molar-refractivity contribution in [3.8, 4) is 17.1 Å². The predicted octanol–water partition coefficient (Wildman–Crippen LogP) is 2.87. The van der Waals surface area contributed by atoms with Crippen LogP contribution < -0.4 is 0 Å². The first kappa shape index (κ1) is 20.2. The van der Waals surface area contributed by atoms with Crippen LogP contribution in [-0.4, -0.2) is 77.1 Å². The first-order valence-electron chi connectivity index (χ1n) is 9.83. The molecule has 0 amide bonds. The molecule has 0 saturated carbocycles. The van der Waals surface area contributed by atoms with Gasteiger partial charge in [0, 0.05) is 32.5 Å². The SMILES string of the molecule is COCCn1c(SCCN2CCOCC2)nnc1-c1cc2ccccc2cc1O. The number of thioether (sulfide) groups is 1. The lowest BCUT2D eigenvalue weighted by Crippen LogP contribution is -2.37. The molecule has 4 rings (SSSR count). The van der Waals surface area contributed by atoms with Gasteiger partial charge in [-0.25, -0.2) is 0 Å². The molecule has 3 aromatic rings. The maximum absolute atomic E-state index is 10.6. The van der Waals surface area contributed by atoms with Crippen LogP contribution in [-0.2, 0) is 16.0 Å². The highest BCUT2D eigenvalue weighted by Gasteiger charge is 2.18. The Labute approximate surface area is 174 Å². The zero-order chi connectivity index (χ0) is 20.1. The van der Waals surface area contributed by atoms with Crippen LogP contribution in [0.4, 0.5) is 0 Å². The number of phenols is 1. The van der Waals surface area contributed by atoms with E-state index in [2.05, 4.69) is 15.1 Å². The molecule has 2 heterocycles. The molecule has 1 saturated heterocycles. The zero-order valence-electron chi connectivity index (χ0n) is 16.6. The molecule has 0 bridgehead atoms. The van der Waals surface area contributed by atoms with Crippen molar-refractivity contribution in [1.29, 1.82) is 0 Å². The van der Waals surface area contributed by atoms with Crippen LogP contribution >= 0.6 is 11.8 Å². The van der Waals surface area contributed by atoms with E-state index in [1.165, 1.54) is 0 Å². The highest BCUT2D eigenvalue weighted by molar-refractivity contribution is 7.99.